The Labute approximate surface area is 233 Å². The molecule has 212 valence electrons. The van der Waals surface area contributed by atoms with Crippen LogP contribution in [0.5, 0.6) is 0 Å². The Hall–Kier alpha value is -3.42. The van der Waals surface area contributed by atoms with Gasteiger partial charge in [-0.15, -0.1) is 0 Å². The SMILES string of the molecule is O=C(NOC1CCCCO1)c1cnc(N2CCN(S(=O)(=O)c3ccc(-c4cccc(CCO)c4)cc3)CC2)nc1. The molecule has 3 aromatic rings. The molecule has 2 N–H and O–H groups in total. The van der Waals surface area contributed by atoms with Crippen molar-refractivity contribution in [1.29, 1.82) is 0 Å². The van der Waals surface area contributed by atoms with Gasteiger partial charge >= 0.3 is 0 Å². The molecule has 12 heteroatoms. The summed E-state index contributed by atoms with van der Waals surface area (Å²) >= 11 is 0. The van der Waals surface area contributed by atoms with Crippen molar-refractivity contribution in [2.75, 3.05) is 44.3 Å². The number of carbonyl (C=O) groups excluding carboxylic acids is 1. The highest BCUT2D eigenvalue weighted by atomic mass is 32.2. The molecular formula is C28H33N5O6S. The number of hydroxylamine groups is 1. The second kappa shape index (κ2) is 12.8. The van der Waals surface area contributed by atoms with E-state index in [1.165, 1.54) is 16.7 Å². The van der Waals surface area contributed by atoms with Gasteiger partial charge in [-0.2, -0.15) is 4.31 Å². The third-order valence-electron chi connectivity index (χ3n) is 7.00. The molecular weight excluding hydrogens is 534 g/mol. The number of aliphatic hydroxyl groups excluding tert-OH is 1. The highest BCUT2D eigenvalue weighted by Gasteiger charge is 2.29. The van der Waals surface area contributed by atoms with E-state index in [1.807, 2.05) is 29.2 Å². The molecule has 2 aliphatic heterocycles. The van der Waals surface area contributed by atoms with Crippen LogP contribution in [0.15, 0.2) is 65.8 Å². The number of nitrogens with one attached hydrogen (secondary N) is 1. The molecule has 0 bridgehead atoms. The molecule has 1 aromatic heterocycles. The van der Waals surface area contributed by atoms with Gasteiger partial charge in [-0.3, -0.25) is 4.79 Å². The van der Waals surface area contributed by atoms with Gasteiger partial charge in [0.15, 0.2) is 6.29 Å². The maximum atomic E-state index is 13.3. The fourth-order valence-corrected chi connectivity index (χ4v) is 6.14. The number of carbonyl (C=O) groups is 1. The number of aliphatic hydroxyl groups is 1. The van der Waals surface area contributed by atoms with Gasteiger partial charge in [-0.25, -0.2) is 28.7 Å². The van der Waals surface area contributed by atoms with E-state index >= 15 is 0 Å². The fraction of sp³-hybridized carbons (Fsp3) is 0.393. The number of ether oxygens (including phenoxy) is 1. The number of benzene rings is 2. The van der Waals surface area contributed by atoms with Crippen LogP contribution in [-0.2, 0) is 26.0 Å². The predicted octanol–water partition coefficient (Wildman–Crippen LogP) is 2.38. The molecule has 1 unspecified atom stereocenters. The summed E-state index contributed by atoms with van der Waals surface area (Å²) in [6, 6.07) is 14.7. The first-order valence-electron chi connectivity index (χ1n) is 13.4. The van der Waals surface area contributed by atoms with Crippen molar-refractivity contribution in [3.63, 3.8) is 0 Å². The molecule has 40 heavy (non-hydrogen) atoms. The number of rotatable bonds is 9. The number of anilines is 1. The van der Waals surface area contributed by atoms with Crippen LogP contribution < -0.4 is 10.4 Å². The molecule has 2 saturated heterocycles. The number of nitrogens with zero attached hydrogens (tertiary/aromatic N) is 4. The van der Waals surface area contributed by atoms with Gasteiger partial charge in [0.25, 0.3) is 5.91 Å². The molecule has 2 aliphatic rings. The van der Waals surface area contributed by atoms with Crippen LogP contribution in [-0.4, -0.2) is 79.4 Å². The predicted molar refractivity (Wildman–Crippen MR) is 148 cm³/mol. The van der Waals surface area contributed by atoms with Gasteiger partial charge in [-0.05, 0) is 48.1 Å². The van der Waals surface area contributed by atoms with E-state index in [-0.39, 0.29) is 30.2 Å². The standard InChI is InChI=1S/C28H33N5O6S/c34-16-11-21-4-3-5-23(18-21)22-7-9-25(10-8-22)40(36,37)33-14-12-32(13-15-33)28-29-19-24(20-30-28)27(35)31-39-26-6-1-2-17-38-26/h3-5,7-10,18-20,26,34H,1-2,6,11-17H2,(H,31,35). The fourth-order valence-electron chi connectivity index (χ4n) is 4.72. The number of aromatic nitrogens is 2. The molecule has 2 aromatic carbocycles. The van der Waals surface area contributed by atoms with Crippen molar-refractivity contribution in [3.05, 3.63) is 72.1 Å². The first-order chi connectivity index (χ1) is 19.4. The highest BCUT2D eigenvalue weighted by molar-refractivity contribution is 7.89. The second-order valence-electron chi connectivity index (χ2n) is 9.71. The summed E-state index contributed by atoms with van der Waals surface area (Å²) in [5.74, 6) is -0.0292. The number of amides is 1. The monoisotopic (exact) mass is 567 g/mol. The summed E-state index contributed by atoms with van der Waals surface area (Å²) in [6.07, 6.45) is 5.67. The lowest BCUT2D eigenvalue weighted by Gasteiger charge is -2.34. The Balaban J connectivity index is 1.15. The Morgan fingerprint density at radius 3 is 2.45 bits per heavy atom. The van der Waals surface area contributed by atoms with Crippen LogP contribution in [0.25, 0.3) is 11.1 Å². The molecule has 0 spiro atoms. The molecule has 1 atom stereocenters. The van der Waals surface area contributed by atoms with E-state index < -0.39 is 22.2 Å². The minimum atomic E-state index is -3.66. The van der Waals surface area contributed by atoms with E-state index in [0.717, 1.165) is 36.0 Å². The largest absolute Gasteiger partial charge is 0.396 e. The van der Waals surface area contributed by atoms with Gasteiger partial charge in [0.05, 0.1) is 10.5 Å². The number of sulfonamides is 1. The van der Waals surface area contributed by atoms with Gasteiger partial charge in [-0.1, -0.05) is 36.4 Å². The first kappa shape index (κ1) is 28.1. The van der Waals surface area contributed by atoms with Crippen LogP contribution in [0.2, 0.25) is 0 Å². The summed E-state index contributed by atoms with van der Waals surface area (Å²) in [4.78, 5) is 28.4. The zero-order valence-electron chi connectivity index (χ0n) is 22.1. The number of piperazine rings is 1. The molecule has 2 fully saturated rings. The summed E-state index contributed by atoms with van der Waals surface area (Å²) in [6.45, 7) is 2.10. The number of hydrogen-bond acceptors (Lipinski definition) is 9. The van der Waals surface area contributed by atoms with Gasteiger partial charge in [0.1, 0.15) is 0 Å². The smallest absolute Gasteiger partial charge is 0.278 e. The molecule has 1 amide bonds. The van der Waals surface area contributed by atoms with Crippen molar-refractivity contribution >= 4 is 21.9 Å². The van der Waals surface area contributed by atoms with Crippen LogP contribution >= 0.6 is 0 Å². The zero-order chi connectivity index (χ0) is 28.0. The van der Waals surface area contributed by atoms with Crippen LogP contribution in [0.4, 0.5) is 5.95 Å². The molecule has 5 rings (SSSR count). The van der Waals surface area contributed by atoms with Crippen LogP contribution in [0.1, 0.15) is 35.2 Å². The van der Waals surface area contributed by atoms with E-state index in [4.69, 9.17) is 9.57 Å². The molecule has 3 heterocycles. The average molecular weight is 568 g/mol. The van der Waals surface area contributed by atoms with E-state index in [9.17, 15) is 18.3 Å². The Morgan fingerprint density at radius 1 is 1.02 bits per heavy atom. The average Bonchev–Trinajstić information content (AvgIpc) is 3.01. The lowest BCUT2D eigenvalue weighted by Crippen LogP contribution is -2.49. The topological polar surface area (TPSA) is 134 Å². The normalized spacial score (nSPS) is 18.4. The molecule has 11 nitrogen and oxygen atoms in total. The first-order valence-corrected chi connectivity index (χ1v) is 14.8. The van der Waals surface area contributed by atoms with Crippen LogP contribution in [0, 0.1) is 0 Å². The lowest BCUT2D eigenvalue weighted by atomic mass is 10.0. The summed E-state index contributed by atoms with van der Waals surface area (Å²) in [7, 11) is -3.66. The summed E-state index contributed by atoms with van der Waals surface area (Å²) < 4.78 is 33.5. The Kier molecular flexibility index (Phi) is 9.02. The third-order valence-corrected chi connectivity index (χ3v) is 8.91. The van der Waals surface area contributed by atoms with Crippen LogP contribution in [0.3, 0.4) is 0 Å². The van der Waals surface area contributed by atoms with Gasteiger partial charge in [0.2, 0.25) is 16.0 Å². The molecule has 0 aliphatic carbocycles. The van der Waals surface area contributed by atoms with Crippen molar-refractivity contribution in [1.82, 2.24) is 19.8 Å². The van der Waals surface area contributed by atoms with Crippen molar-refractivity contribution in [2.45, 2.75) is 36.9 Å². The Morgan fingerprint density at radius 2 is 1.77 bits per heavy atom. The van der Waals surface area contributed by atoms with Crippen molar-refractivity contribution < 1.29 is 27.9 Å². The minimum Gasteiger partial charge on any atom is -0.396 e. The van der Waals surface area contributed by atoms with E-state index in [1.54, 1.807) is 24.3 Å². The lowest BCUT2D eigenvalue weighted by molar-refractivity contribution is -0.186. The summed E-state index contributed by atoms with van der Waals surface area (Å²) in [5, 5.41) is 9.20. The second-order valence-corrected chi connectivity index (χ2v) is 11.6. The maximum Gasteiger partial charge on any atom is 0.278 e. The quantitative estimate of drug-likeness (QED) is 0.374. The number of hydrogen-bond donors (Lipinski definition) is 2. The highest BCUT2D eigenvalue weighted by Crippen LogP contribution is 2.25. The van der Waals surface area contributed by atoms with Crippen molar-refractivity contribution in [2.24, 2.45) is 0 Å². The third kappa shape index (κ3) is 6.65. The minimum absolute atomic E-state index is 0.0778. The van der Waals surface area contributed by atoms with E-state index in [2.05, 4.69) is 15.4 Å². The summed E-state index contributed by atoms with van der Waals surface area (Å²) in [5.41, 5.74) is 5.54. The van der Waals surface area contributed by atoms with Gasteiger partial charge < -0.3 is 14.7 Å². The zero-order valence-corrected chi connectivity index (χ0v) is 22.9. The van der Waals surface area contributed by atoms with Crippen molar-refractivity contribution in [3.8, 4) is 11.1 Å². The maximum absolute atomic E-state index is 13.3. The van der Waals surface area contributed by atoms with E-state index in [0.29, 0.717) is 32.1 Å². The molecule has 0 radical (unpaired) electrons. The molecule has 0 saturated carbocycles. The Bertz CT molecular complexity index is 1390. The van der Waals surface area contributed by atoms with Gasteiger partial charge in [0, 0.05) is 58.2 Å².